The number of hydrogen-bond acceptors (Lipinski definition) is 8. The Hall–Kier alpha value is -3.14. The Morgan fingerprint density at radius 3 is 2.74 bits per heavy atom. The van der Waals surface area contributed by atoms with Gasteiger partial charge in [-0.25, -0.2) is 0 Å². The minimum absolute atomic E-state index is 0.163. The number of ether oxygens (including phenoxy) is 2. The number of rotatable bonds is 9. The van der Waals surface area contributed by atoms with Gasteiger partial charge in [0.2, 0.25) is 11.9 Å². The summed E-state index contributed by atoms with van der Waals surface area (Å²) in [4.78, 5) is 14.8. The molecule has 9 nitrogen and oxygen atoms in total. The van der Waals surface area contributed by atoms with Gasteiger partial charge in [0, 0.05) is 19.2 Å². The number of thioether (sulfide) groups is 1. The van der Waals surface area contributed by atoms with E-state index in [9.17, 15) is 4.79 Å². The quantitative estimate of drug-likeness (QED) is 0.504. The van der Waals surface area contributed by atoms with E-state index in [-0.39, 0.29) is 11.7 Å². The molecule has 1 amide bonds. The van der Waals surface area contributed by atoms with Crippen molar-refractivity contribution in [2.75, 3.05) is 43.3 Å². The summed E-state index contributed by atoms with van der Waals surface area (Å²) in [5, 5.41) is 12.3. The van der Waals surface area contributed by atoms with E-state index in [2.05, 4.69) is 20.4 Å². The normalized spacial score (nSPS) is 13.4. The maximum Gasteiger partial charge on any atom is 0.234 e. The molecule has 0 radical (unpaired) electrons. The molecule has 1 saturated heterocycles. The van der Waals surface area contributed by atoms with E-state index in [0.29, 0.717) is 28.9 Å². The number of methoxy groups -OCH3 is 2. The molecule has 0 unspecified atom stereocenters. The van der Waals surface area contributed by atoms with Gasteiger partial charge in [-0.3, -0.25) is 9.36 Å². The number of amides is 1. The van der Waals surface area contributed by atoms with Crippen molar-refractivity contribution in [1.82, 2.24) is 14.8 Å². The Morgan fingerprint density at radius 1 is 1.19 bits per heavy atom. The predicted octanol–water partition coefficient (Wildman–Crippen LogP) is 3.27. The van der Waals surface area contributed by atoms with Crippen molar-refractivity contribution >= 4 is 29.3 Å². The first-order valence-electron chi connectivity index (χ1n) is 10.0. The lowest BCUT2D eigenvalue weighted by atomic mass is 10.2. The van der Waals surface area contributed by atoms with Gasteiger partial charge in [0.25, 0.3) is 0 Å². The molecule has 3 heterocycles. The fraction of sp³-hybridized carbons (Fsp3) is 0.381. The Labute approximate surface area is 184 Å². The summed E-state index contributed by atoms with van der Waals surface area (Å²) in [6, 6.07) is 9.03. The third-order valence-electron chi connectivity index (χ3n) is 5.00. The van der Waals surface area contributed by atoms with Crippen molar-refractivity contribution < 1.29 is 18.7 Å². The van der Waals surface area contributed by atoms with Crippen LogP contribution < -0.4 is 19.7 Å². The topological polar surface area (TPSA) is 94.7 Å². The molecule has 10 heteroatoms. The van der Waals surface area contributed by atoms with E-state index < -0.39 is 0 Å². The van der Waals surface area contributed by atoms with E-state index >= 15 is 0 Å². The Morgan fingerprint density at radius 2 is 2.03 bits per heavy atom. The van der Waals surface area contributed by atoms with Gasteiger partial charge >= 0.3 is 0 Å². The highest BCUT2D eigenvalue weighted by Crippen LogP contribution is 2.30. The standard InChI is InChI=1S/C21H25N5O4S/c1-28-15-7-8-17(18(12-15)29-2)22-19(27)14-31-21-24-23-20(25-9-3-4-10-25)26(21)13-16-6-5-11-30-16/h5-8,11-12H,3-4,9-10,13-14H2,1-2H3,(H,22,27). The lowest BCUT2D eigenvalue weighted by Crippen LogP contribution is -2.23. The van der Waals surface area contributed by atoms with Crippen LogP contribution >= 0.6 is 11.8 Å². The zero-order valence-electron chi connectivity index (χ0n) is 17.5. The lowest BCUT2D eigenvalue weighted by molar-refractivity contribution is -0.113. The smallest absolute Gasteiger partial charge is 0.234 e. The maximum absolute atomic E-state index is 12.6. The van der Waals surface area contributed by atoms with Crippen molar-refractivity contribution in [3.8, 4) is 11.5 Å². The van der Waals surface area contributed by atoms with Crippen molar-refractivity contribution in [3.63, 3.8) is 0 Å². The highest BCUT2D eigenvalue weighted by atomic mass is 32.2. The Balaban J connectivity index is 1.46. The predicted molar refractivity (Wildman–Crippen MR) is 118 cm³/mol. The largest absolute Gasteiger partial charge is 0.497 e. The SMILES string of the molecule is COc1ccc(NC(=O)CSc2nnc(N3CCCC3)n2Cc2ccco2)c(OC)c1. The summed E-state index contributed by atoms with van der Waals surface area (Å²) in [5.41, 5.74) is 0.587. The third kappa shape index (κ3) is 4.96. The highest BCUT2D eigenvalue weighted by molar-refractivity contribution is 7.99. The number of carbonyl (C=O) groups is 1. The van der Waals surface area contributed by atoms with Crippen LogP contribution in [0.5, 0.6) is 11.5 Å². The number of hydrogen-bond donors (Lipinski definition) is 1. The Bertz CT molecular complexity index is 1010. The molecule has 3 aromatic rings. The molecule has 1 fully saturated rings. The van der Waals surface area contributed by atoms with Crippen LogP contribution in [0.3, 0.4) is 0 Å². The zero-order valence-corrected chi connectivity index (χ0v) is 18.4. The second-order valence-corrected chi connectivity index (χ2v) is 7.99. The average molecular weight is 444 g/mol. The second-order valence-electron chi connectivity index (χ2n) is 7.05. The van der Waals surface area contributed by atoms with Crippen molar-refractivity contribution in [3.05, 3.63) is 42.4 Å². The van der Waals surface area contributed by atoms with E-state index in [4.69, 9.17) is 13.9 Å². The maximum atomic E-state index is 12.6. The molecular formula is C21H25N5O4S. The molecule has 2 aromatic heterocycles. The molecule has 31 heavy (non-hydrogen) atoms. The summed E-state index contributed by atoms with van der Waals surface area (Å²) < 4.78 is 18.1. The van der Waals surface area contributed by atoms with Crippen LogP contribution in [0, 0.1) is 0 Å². The van der Waals surface area contributed by atoms with E-state index in [1.807, 2.05) is 16.7 Å². The van der Waals surface area contributed by atoms with Gasteiger partial charge < -0.3 is 24.1 Å². The molecule has 0 bridgehead atoms. The van der Waals surface area contributed by atoms with Crippen LogP contribution in [0.2, 0.25) is 0 Å². The summed E-state index contributed by atoms with van der Waals surface area (Å²) >= 11 is 1.34. The van der Waals surface area contributed by atoms with Gasteiger partial charge in [0.1, 0.15) is 17.3 Å². The molecule has 1 aromatic carbocycles. The number of furan rings is 1. The van der Waals surface area contributed by atoms with Crippen LogP contribution in [0.15, 0.2) is 46.2 Å². The first kappa shape index (κ1) is 21.1. The van der Waals surface area contributed by atoms with Gasteiger partial charge in [0.15, 0.2) is 5.16 Å². The number of carbonyl (C=O) groups excluding carboxylic acids is 1. The highest BCUT2D eigenvalue weighted by Gasteiger charge is 2.22. The summed E-state index contributed by atoms with van der Waals surface area (Å²) in [7, 11) is 3.13. The number of nitrogens with zero attached hydrogens (tertiary/aromatic N) is 4. The van der Waals surface area contributed by atoms with Gasteiger partial charge in [-0.15, -0.1) is 10.2 Å². The molecule has 4 rings (SSSR count). The molecule has 164 valence electrons. The first-order chi connectivity index (χ1) is 15.2. The van der Waals surface area contributed by atoms with Crippen LogP contribution in [-0.2, 0) is 11.3 Å². The van der Waals surface area contributed by atoms with Gasteiger partial charge in [-0.1, -0.05) is 11.8 Å². The molecule has 0 spiro atoms. The molecule has 1 aliphatic rings. The molecule has 0 atom stereocenters. The fourth-order valence-corrected chi connectivity index (χ4v) is 4.19. The van der Waals surface area contributed by atoms with Crippen LogP contribution in [0.1, 0.15) is 18.6 Å². The van der Waals surface area contributed by atoms with Crippen molar-refractivity contribution in [1.29, 1.82) is 0 Å². The number of nitrogens with one attached hydrogen (secondary N) is 1. The third-order valence-corrected chi connectivity index (χ3v) is 5.96. The first-order valence-corrected chi connectivity index (χ1v) is 11.0. The van der Waals surface area contributed by atoms with Crippen LogP contribution in [0.4, 0.5) is 11.6 Å². The van der Waals surface area contributed by atoms with E-state index in [1.54, 1.807) is 38.7 Å². The van der Waals surface area contributed by atoms with Gasteiger partial charge in [-0.05, 0) is 37.1 Å². The second kappa shape index (κ2) is 9.78. The lowest BCUT2D eigenvalue weighted by Gasteiger charge is -2.17. The minimum atomic E-state index is -0.163. The number of benzene rings is 1. The van der Waals surface area contributed by atoms with Crippen LogP contribution in [-0.4, -0.2) is 53.7 Å². The summed E-state index contributed by atoms with van der Waals surface area (Å²) in [6.45, 7) is 2.43. The number of aromatic nitrogens is 3. The average Bonchev–Trinajstić information content (AvgIpc) is 3.55. The monoisotopic (exact) mass is 443 g/mol. The van der Waals surface area contributed by atoms with Gasteiger partial charge in [-0.2, -0.15) is 0 Å². The number of anilines is 2. The van der Waals surface area contributed by atoms with E-state index in [0.717, 1.165) is 37.6 Å². The van der Waals surface area contributed by atoms with Crippen LogP contribution in [0.25, 0.3) is 0 Å². The zero-order chi connectivity index (χ0) is 21.6. The van der Waals surface area contributed by atoms with Crippen molar-refractivity contribution in [2.24, 2.45) is 0 Å². The molecular weight excluding hydrogens is 418 g/mol. The fourth-order valence-electron chi connectivity index (χ4n) is 3.45. The molecule has 1 aliphatic heterocycles. The molecule has 1 N–H and O–H groups in total. The summed E-state index contributed by atoms with van der Waals surface area (Å²) in [6.07, 6.45) is 3.93. The Kier molecular flexibility index (Phi) is 6.66. The van der Waals surface area contributed by atoms with Gasteiger partial charge in [0.05, 0.1) is 38.5 Å². The molecule has 0 saturated carbocycles. The van der Waals surface area contributed by atoms with E-state index in [1.165, 1.54) is 11.8 Å². The minimum Gasteiger partial charge on any atom is -0.497 e. The van der Waals surface area contributed by atoms with Crippen molar-refractivity contribution in [2.45, 2.75) is 24.5 Å². The molecule has 0 aliphatic carbocycles. The summed E-state index contributed by atoms with van der Waals surface area (Å²) in [5.74, 6) is 2.84.